The van der Waals surface area contributed by atoms with Crippen molar-refractivity contribution < 1.29 is 4.74 Å². The average molecular weight is 260 g/mol. The van der Waals surface area contributed by atoms with E-state index >= 15 is 0 Å². The molecule has 0 N–H and O–H groups in total. The van der Waals surface area contributed by atoms with E-state index < -0.39 is 0 Å². The Kier molecular flexibility index (Phi) is 3.59. The number of fused-ring (bicyclic) bond motifs is 2. The quantitative estimate of drug-likeness (QED) is 0.626. The molecule has 1 nitrogen and oxygen atoms in total. The topological polar surface area (TPSA) is 9.23 Å². The van der Waals surface area contributed by atoms with Crippen molar-refractivity contribution in [3.63, 3.8) is 0 Å². The lowest BCUT2D eigenvalue weighted by molar-refractivity contribution is -0.0982. The Labute approximate surface area is 118 Å². The molecule has 0 aromatic rings. The van der Waals surface area contributed by atoms with Gasteiger partial charge in [0.15, 0.2) is 0 Å². The molecular weight excluding hydrogens is 232 g/mol. The van der Waals surface area contributed by atoms with E-state index in [2.05, 4.69) is 39.8 Å². The molecule has 3 aliphatic rings. The van der Waals surface area contributed by atoms with Gasteiger partial charge in [-0.3, -0.25) is 0 Å². The van der Waals surface area contributed by atoms with Gasteiger partial charge < -0.3 is 4.74 Å². The first kappa shape index (κ1) is 13.4. The summed E-state index contributed by atoms with van der Waals surface area (Å²) in [6.07, 6.45) is 9.29. The van der Waals surface area contributed by atoms with Gasteiger partial charge in [0.25, 0.3) is 0 Å². The van der Waals surface area contributed by atoms with Crippen molar-refractivity contribution >= 4 is 0 Å². The average Bonchev–Trinajstić information content (AvgIpc) is 2.37. The van der Waals surface area contributed by atoms with Gasteiger partial charge in [0.1, 0.15) is 0 Å². The fourth-order valence-electron chi connectivity index (χ4n) is 4.56. The molecule has 0 amide bonds. The lowest BCUT2D eigenvalue weighted by Crippen LogP contribution is -2.46. The summed E-state index contributed by atoms with van der Waals surface area (Å²) in [5.41, 5.74) is 3.16. The van der Waals surface area contributed by atoms with Crippen molar-refractivity contribution in [2.45, 2.75) is 53.1 Å². The molecule has 19 heavy (non-hydrogen) atoms. The second kappa shape index (κ2) is 5.09. The highest BCUT2D eigenvalue weighted by Gasteiger charge is 2.42. The molecule has 1 heterocycles. The van der Waals surface area contributed by atoms with Gasteiger partial charge in [-0.15, -0.1) is 0 Å². The number of allylic oxidation sites excluding steroid dienone is 3. The van der Waals surface area contributed by atoms with E-state index in [0.717, 1.165) is 24.4 Å². The summed E-state index contributed by atoms with van der Waals surface area (Å²) in [5, 5.41) is 0. The Morgan fingerprint density at radius 2 is 2.00 bits per heavy atom. The summed E-state index contributed by atoms with van der Waals surface area (Å²) in [7, 11) is 0. The van der Waals surface area contributed by atoms with Crippen LogP contribution in [0, 0.1) is 29.6 Å². The summed E-state index contributed by atoms with van der Waals surface area (Å²) in [6.45, 7) is 10.4. The number of rotatable bonds is 1. The van der Waals surface area contributed by atoms with Crippen molar-refractivity contribution in [1.82, 2.24) is 0 Å². The van der Waals surface area contributed by atoms with Crippen LogP contribution in [0.5, 0.6) is 0 Å². The van der Waals surface area contributed by atoms with E-state index in [-0.39, 0.29) is 0 Å². The fourth-order valence-corrected chi connectivity index (χ4v) is 4.56. The van der Waals surface area contributed by atoms with Crippen molar-refractivity contribution in [1.29, 1.82) is 0 Å². The second-order valence-electron chi connectivity index (χ2n) is 7.30. The van der Waals surface area contributed by atoms with Gasteiger partial charge in [-0.25, -0.2) is 0 Å². The summed E-state index contributed by atoms with van der Waals surface area (Å²) < 4.78 is 6.36. The molecule has 0 radical (unpaired) electrons. The molecule has 106 valence electrons. The highest BCUT2D eigenvalue weighted by Crippen LogP contribution is 2.45. The van der Waals surface area contributed by atoms with Crippen molar-refractivity contribution in [2.75, 3.05) is 6.61 Å². The molecule has 1 saturated heterocycles. The minimum Gasteiger partial charge on any atom is -0.377 e. The van der Waals surface area contributed by atoms with Crippen LogP contribution >= 0.6 is 0 Å². The van der Waals surface area contributed by atoms with E-state index in [1.807, 2.05) is 0 Å². The molecule has 2 aliphatic carbocycles. The third-order valence-corrected chi connectivity index (χ3v) is 5.85. The predicted octanol–water partition coefficient (Wildman–Crippen LogP) is 4.60. The molecule has 0 unspecified atom stereocenters. The van der Waals surface area contributed by atoms with Gasteiger partial charge in [0, 0.05) is 5.92 Å². The molecule has 0 aromatic carbocycles. The maximum Gasteiger partial charge on any atom is 0.0674 e. The third-order valence-electron chi connectivity index (χ3n) is 5.85. The smallest absolute Gasteiger partial charge is 0.0674 e. The molecule has 3 rings (SSSR count). The summed E-state index contributed by atoms with van der Waals surface area (Å²) in [5.74, 6) is 3.67. The molecular formula is C18H28O. The van der Waals surface area contributed by atoms with Crippen LogP contribution in [-0.4, -0.2) is 12.7 Å². The van der Waals surface area contributed by atoms with E-state index in [9.17, 15) is 0 Å². The summed E-state index contributed by atoms with van der Waals surface area (Å²) >= 11 is 0. The minimum absolute atomic E-state index is 0.472. The predicted molar refractivity (Wildman–Crippen MR) is 79.9 cm³/mol. The Morgan fingerprint density at radius 3 is 2.74 bits per heavy atom. The molecule has 2 bridgehead atoms. The van der Waals surface area contributed by atoms with E-state index in [0.29, 0.717) is 17.9 Å². The van der Waals surface area contributed by atoms with Crippen LogP contribution in [0.15, 0.2) is 23.3 Å². The van der Waals surface area contributed by atoms with Crippen LogP contribution in [0.1, 0.15) is 47.0 Å². The molecule has 0 saturated carbocycles. The van der Waals surface area contributed by atoms with Crippen LogP contribution in [0.2, 0.25) is 0 Å². The first-order valence-corrected chi connectivity index (χ1v) is 8.01. The number of ether oxygens (including phenoxy) is 1. The number of hydrogen-bond donors (Lipinski definition) is 0. The third kappa shape index (κ3) is 2.42. The van der Waals surface area contributed by atoms with Gasteiger partial charge in [-0.2, -0.15) is 0 Å². The first-order valence-electron chi connectivity index (χ1n) is 8.01. The van der Waals surface area contributed by atoms with Gasteiger partial charge in [0.05, 0.1) is 12.7 Å². The molecule has 1 fully saturated rings. The SMILES string of the molecule is CC1=CC[C@H]([C@@H]2OC[C@@H]3C[C@H]2C(C)=C[C@@H]3C)[C@@H](C)C1. The molecule has 1 aliphatic heterocycles. The van der Waals surface area contributed by atoms with Crippen molar-refractivity contribution in [3.05, 3.63) is 23.3 Å². The standard InChI is InChI=1S/C18H28O/c1-11-5-6-16(13(3)7-11)18-17-9-15(10-19-18)12(2)8-14(17)4/h5,8,12-13,15-18H,6-7,9-10H2,1-4H3/t12-,13-,15-,16-,17-,18-/m0/s1. The lowest BCUT2D eigenvalue weighted by atomic mass is 9.66. The van der Waals surface area contributed by atoms with Crippen LogP contribution in [0.3, 0.4) is 0 Å². The normalized spacial score (nSPS) is 46.5. The molecule has 0 spiro atoms. The van der Waals surface area contributed by atoms with E-state index in [1.54, 1.807) is 11.1 Å². The van der Waals surface area contributed by atoms with Gasteiger partial charge in [-0.05, 0) is 56.8 Å². The highest BCUT2D eigenvalue weighted by atomic mass is 16.5. The monoisotopic (exact) mass is 260 g/mol. The Hall–Kier alpha value is -0.560. The van der Waals surface area contributed by atoms with Crippen LogP contribution < -0.4 is 0 Å². The molecule has 0 aromatic heterocycles. The first-order chi connectivity index (χ1) is 9.06. The summed E-state index contributed by atoms with van der Waals surface area (Å²) in [6, 6.07) is 0. The van der Waals surface area contributed by atoms with Crippen LogP contribution in [-0.2, 0) is 4.74 Å². The Bertz CT molecular complexity index is 406. The molecule has 6 atom stereocenters. The van der Waals surface area contributed by atoms with Crippen molar-refractivity contribution in [2.24, 2.45) is 29.6 Å². The Morgan fingerprint density at radius 1 is 1.21 bits per heavy atom. The second-order valence-corrected chi connectivity index (χ2v) is 7.30. The maximum atomic E-state index is 6.36. The van der Waals surface area contributed by atoms with Crippen LogP contribution in [0.4, 0.5) is 0 Å². The van der Waals surface area contributed by atoms with Crippen LogP contribution in [0.25, 0.3) is 0 Å². The fraction of sp³-hybridized carbons (Fsp3) is 0.778. The zero-order chi connectivity index (χ0) is 13.6. The minimum atomic E-state index is 0.472. The zero-order valence-corrected chi connectivity index (χ0v) is 12.9. The zero-order valence-electron chi connectivity index (χ0n) is 12.9. The highest BCUT2D eigenvalue weighted by molar-refractivity contribution is 5.17. The Balaban J connectivity index is 1.81. The molecule has 1 heteroatoms. The number of hydrogen-bond acceptors (Lipinski definition) is 1. The van der Waals surface area contributed by atoms with E-state index in [4.69, 9.17) is 4.74 Å². The van der Waals surface area contributed by atoms with E-state index in [1.165, 1.54) is 19.3 Å². The van der Waals surface area contributed by atoms with Gasteiger partial charge >= 0.3 is 0 Å². The van der Waals surface area contributed by atoms with Gasteiger partial charge in [0.2, 0.25) is 0 Å². The summed E-state index contributed by atoms with van der Waals surface area (Å²) in [4.78, 5) is 0. The maximum absolute atomic E-state index is 6.36. The lowest BCUT2D eigenvalue weighted by Gasteiger charge is -2.47. The van der Waals surface area contributed by atoms with Gasteiger partial charge in [-0.1, -0.05) is 37.1 Å². The largest absolute Gasteiger partial charge is 0.377 e. The van der Waals surface area contributed by atoms with Crippen molar-refractivity contribution in [3.8, 4) is 0 Å².